The Labute approximate surface area is 62.3 Å². The fraction of sp³-hybridized carbons (Fsp3) is 0.200. The van der Waals surface area contributed by atoms with Gasteiger partial charge in [-0.1, -0.05) is 4.79 Å². The minimum Gasteiger partial charge on any atom is -0.362 e. The molecule has 0 aromatic rings. The quantitative estimate of drug-likeness (QED) is 0.260. The van der Waals surface area contributed by atoms with Gasteiger partial charge < -0.3 is 5.73 Å². The number of rotatable bonds is 1. The minimum absolute atomic E-state index is 0.0556. The molecule has 1 aliphatic heterocycles. The van der Waals surface area contributed by atoms with Gasteiger partial charge in [0.1, 0.15) is 0 Å². The Hall–Kier alpha value is -1.81. The Balaban J connectivity index is 3.22. The third-order valence-corrected chi connectivity index (χ3v) is 1.26. The van der Waals surface area contributed by atoms with Crippen molar-refractivity contribution in [2.75, 3.05) is 7.05 Å². The molecule has 0 aromatic heterocycles. The standard InChI is InChI=1S/C5H6N5O/c1-10-2-8-5(9-7)3(10)4(6)11/h2,7H,1H3,(H-,6,11)/q+1/p+1. The number of nitrogens with two attached hydrogens (primary N) is 1. The van der Waals surface area contributed by atoms with Crippen LogP contribution in [0.3, 0.4) is 0 Å². The van der Waals surface area contributed by atoms with Gasteiger partial charge in [-0.25, -0.2) is 4.58 Å². The zero-order chi connectivity index (χ0) is 8.43. The normalized spacial score (nSPS) is 15.5. The molecule has 0 fully saturated rings. The van der Waals surface area contributed by atoms with Crippen LogP contribution in [0.15, 0.2) is 4.99 Å². The van der Waals surface area contributed by atoms with Gasteiger partial charge >= 0.3 is 11.5 Å². The molecule has 3 N–H and O–H groups in total. The fourth-order valence-corrected chi connectivity index (χ4v) is 0.784. The van der Waals surface area contributed by atoms with Crippen LogP contribution in [-0.2, 0) is 4.79 Å². The van der Waals surface area contributed by atoms with E-state index in [1.54, 1.807) is 7.05 Å². The molecule has 0 saturated carbocycles. The van der Waals surface area contributed by atoms with Crippen molar-refractivity contribution in [3.63, 3.8) is 0 Å². The van der Waals surface area contributed by atoms with Crippen LogP contribution >= 0.6 is 0 Å². The Morgan fingerprint density at radius 1 is 1.91 bits per heavy atom. The molecule has 6 nitrogen and oxygen atoms in total. The Kier molecular flexibility index (Phi) is 1.61. The topological polar surface area (TPSA) is 96.4 Å². The van der Waals surface area contributed by atoms with Gasteiger partial charge in [0.25, 0.3) is 12.2 Å². The van der Waals surface area contributed by atoms with E-state index in [1.807, 2.05) is 0 Å². The molecule has 0 aromatic carbocycles. The minimum atomic E-state index is -0.629. The van der Waals surface area contributed by atoms with Crippen LogP contribution in [0.5, 0.6) is 0 Å². The van der Waals surface area contributed by atoms with Crippen molar-refractivity contribution >= 4 is 23.8 Å². The Morgan fingerprint density at radius 3 is 2.91 bits per heavy atom. The van der Waals surface area contributed by atoms with Crippen molar-refractivity contribution in [2.45, 2.75) is 0 Å². The summed E-state index contributed by atoms with van der Waals surface area (Å²) in [6, 6.07) is 0. The first-order valence-corrected chi connectivity index (χ1v) is 2.85. The van der Waals surface area contributed by atoms with Gasteiger partial charge in [0.15, 0.2) is 0 Å². The summed E-state index contributed by atoms with van der Waals surface area (Å²) in [5, 5.41) is 0. The number of nitrogens with one attached hydrogen (secondary N) is 1. The summed E-state index contributed by atoms with van der Waals surface area (Å²) in [7, 11) is 1.61. The number of amides is 1. The average Bonchev–Trinajstić information content (AvgIpc) is 2.30. The lowest BCUT2D eigenvalue weighted by molar-refractivity contribution is -0.355. The SMILES string of the molecule is C[N+]1=C(C(N)=O)C(=[N+]=N)N=C1. The maximum Gasteiger partial charge on any atom is 0.501 e. The first-order valence-electron chi connectivity index (χ1n) is 2.85. The number of amidine groups is 1. The fourth-order valence-electron chi connectivity index (χ4n) is 0.784. The predicted molar refractivity (Wildman–Crippen MR) is 36.9 cm³/mol. The monoisotopic (exact) mass is 153 g/mol. The van der Waals surface area contributed by atoms with E-state index in [4.69, 9.17) is 11.3 Å². The van der Waals surface area contributed by atoms with Gasteiger partial charge in [-0.3, -0.25) is 4.79 Å². The lowest BCUT2D eigenvalue weighted by atomic mass is 10.3. The second kappa shape index (κ2) is 2.43. The molecule has 1 amide bonds. The van der Waals surface area contributed by atoms with Crippen LogP contribution < -0.4 is 5.73 Å². The van der Waals surface area contributed by atoms with Crippen LogP contribution in [0.2, 0.25) is 0 Å². The number of nitrogens with zero attached hydrogens (tertiary/aromatic N) is 3. The van der Waals surface area contributed by atoms with E-state index in [-0.39, 0.29) is 11.5 Å². The van der Waals surface area contributed by atoms with E-state index >= 15 is 0 Å². The molecule has 0 unspecified atom stereocenters. The molecule has 0 spiro atoms. The maximum absolute atomic E-state index is 10.7. The smallest absolute Gasteiger partial charge is 0.362 e. The third kappa shape index (κ3) is 1.06. The average molecular weight is 153 g/mol. The van der Waals surface area contributed by atoms with Crippen LogP contribution in [0.25, 0.3) is 0 Å². The zero-order valence-corrected chi connectivity index (χ0v) is 5.90. The van der Waals surface area contributed by atoms with Crippen molar-refractivity contribution in [1.82, 2.24) is 0 Å². The largest absolute Gasteiger partial charge is 0.501 e. The van der Waals surface area contributed by atoms with E-state index < -0.39 is 5.91 Å². The lowest BCUT2D eigenvalue weighted by Gasteiger charge is -1.85. The Morgan fingerprint density at radius 2 is 2.55 bits per heavy atom. The zero-order valence-electron chi connectivity index (χ0n) is 5.90. The van der Waals surface area contributed by atoms with Crippen LogP contribution in [0.1, 0.15) is 0 Å². The number of primary amides is 1. The van der Waals surface area contributed by atoms with Gasteiger partial charge in [-0.15, -0.1) is 0 Å². The number of hydrogen-bond acceptors (Lipinski definition) is 2. The molecule has 1 rings (SSSR count). The van der Waals surface area contributed by atoms with Crippen molar-refractivity contribution in [1.29, 1.82) is 5.53 Å². The van der Waals surface area contributed by atoms with Gasteiger partial charge in [-0.2, -0.15) is 0 Å². The van der Waals surface area contributed by atoms with Crippen molar-refractivity contribution in [3.05, 3.63) is 0 Å². The molecule has 11 heavy (non-hydrogen) atoms. The van der Waals surface area contributed by atoms with Crippen LogP contribution in [0, 0.1) is 5.53 Å². The molecule has 0 aliphatic carbocycles. The first-order chi connectivity index (χ1) is 5.16. The highest BCUT2D eigenvalue weighted by atomic mass is 16.1. The van der Waals surface area contributed by atoms with Crippen molar-refractivity contribution < 1.29 is 14.2 Å². The molecule has 0 bridgehead atoms. The highest BCUT2D eigenvalue weighted by Crippen LogP contribution is 1.88. The van der Waals surface area contributed by atoms with Gasteiger partial charge in [0.05, 0.1) is 7.05 Å². The number of hydrogen-bond donors (Lipinski definition) is 2. The highest BCUT2D eigenvalue weighted by Gasteiger charge is 2.34. The molecule has 0 atom stereocenters. The van der Waals surface area contributed by atoms with E-state index in [2.05, 4.69) is 9.78 Å². The molecule has 0 saturated heterocycles. The number of carbonyl (C=O) groups is 1. The summed E-state index contributed by atoms with van der Waals surface area (Å²) < 4.78 is 1.43. The molecule has 1 heterocycles. The summed E-state index contributed by atoms with van der Waals surface area (Å²) in [4.78, 5) is 17.4. The number of carbonyl (C=O) groups excluding carboxylic acids is 1. The second-order valence-electron chi connectivity index (χ2n) is 2.00. The molecule has 56 valence electrons. The van der Waals surface area contributed by atoms with Gasteiger partial charge in [0.2, 0.25) is 0 Å². The summed E-state index contributed by atoms with van der Waals surface area (Å²) >= 11 is 0. The summed E-state index contributed by atoms with van der Waals surface area (Å²) in [5.74, 6) is -0.573. The highest BCUT2D eigenvalue weighted by molar-refractivity contribution is 6.64. The molecular weight excluding hydrogens is 146 g/mol. The van der Waals surface area contributed by atoms with Crippen LogP contribution in [0.4, 0.5) is 0 Å². The van der Waals surface area contributed by atoms with E-state index in [0.29, 0.717) is 0 Å². The van der Waals surface area contributed by atoms with E-state index in [9.17, 15) is 4.79 Å². The Bertz CT molecular complexity index is 320. The molecule has 0 radical (unpaired) electrons. The van der Waals surface area contributed by atoms with E-state index in [0.717, 1.165) is 0 Å². The predicted octanol–water partition coefficient (Wildman–Crippen LogP) is -1.77. The van der Waals surface area contributed by atoms with Crippen molar-refractivity contribution in [2.24, 2.45) is 10.7 Å². The molecule has 1 aliphatic rings. The molecule has 6 heteroatoms. The summed E-state index contributed by atoms with van der Waals surface area (Å²) in [6.45, 7) is 0. The lowest BCUT2D eigenvalue weighted by Crippen LogP contribution is -2.33. The van der Waals surface area contributed by atoms with Gasteiger partial charge in [0, 0.05) is 4.99 Å². The second-order valence-corrected chi connectivity index (χ2v) is 2.00. The number of aliphatic imine (C=N–C) groups is 1. The summed E-state index contributed by atoms with van der Waals surface area (Å²) in [6.07, 6.45) is 1.38. The van der Waals surface area contributed by atoms with Gasteiger partial charge in [-0.05, 0) is 5.53 Å². The van der Waals surface area contributed by atoms with E-state index in [1.165, 1.54) is 10.9 Å². The third-order valence-electron chi connectivity index (χ3n) is 1.26. The first kappa shape index (κ1) is 7.30. The van der Waals surface area contributed by atoms with Crippen molar-refractivity contribution in [3.8, 4) is 0 Å². The maximum atomic E-state index is 10.7. The summed E-state index contributed by atoms with van der Waals surface area (Å²) in [5.41, 5.74) is 11.8. The molecular formula is C5H7N5O+2. The van der Waals surface area contributed by atoms with Crippen LogP contribution in [-0.4, -0.2) is 40.2 Å².